The summed E-state index contributed by atoms with van der Waals surface area (Å²) in [6.45, 7) is 2.05. The zero-order valence-corrected chi connectivity index (χ0v) is 14.3. The molecular formula is C15H18BrN3O3. The molecule has 118 valence electrons. The molecule has 2 aromatic rings. The Morgan fingerprint density at radius 3 is 2.77 bits per heavy atom. The summed E-state index contributed by atoms with van der Waals surface area (Å²) in [4.78, 5) is 12.1. The molecule has 1 amide bonds. The van der Waals surface area contributed by atoms with E-state index in [2.05, 4.69) is 26.3 Å². The van der Waals surface area contributed by atoms with Gasteiger partial charge in [-0.05, 0) is 41.1 Å². The molecule has 6 nitrogen and oxygen atoms in total. The quantitative estimate of drug-likeness (QED) is 0.851. The van der Waals surface area contributed by atoms with Crippen LogP contribution >= 0.6 is 15.9 Å². The topological polar surface area (TPSA) is 65.4 Å². The molecule has 7 heteroatoms. The van der Waals surface area contributed by atoms with Crippen molar-refractivity contribution in [1.29, 1.82) is 0 Å². The summed E-state index contributed by atoms with van der Waals surface area (Å²) in [5, 5.41) is 6.99. The number of aromatic nitrogens is 2. The predicted molar refractivity (Wildman–Crippen MR) is 86.0 cm³/mol. The lowest BCUT2D eigenvalue weighted by Crippen LogP contribution is -2.30. The average molecular weight is 368 g/mol. The molecule has 0 aliphatic carbocycles. The molecule has 1 aromatic heterocycles. The van der Waals surface area contributed by atoms with E-state index >= 15 is 0 Å². The first kappa shape index (κ1) is 16.4. The Hall–Kier alpha value is -2.02. The molecule has 1 heterocycles. The number of amides is 1. The lowest BCUT2D eigenvalue weighted by atomic mass is 10.1. The number of ether oxygens (including phenoxy) is 2. The van der Waals surface area contributed by atoms with E-state index < -0.39 is 0 Å². The molecule has 0 fully saturated rings. The van der Waals surface area contributed by atoms with E-state index in [9.17, 15) is 4.79 Å². The third-order valence-corrected chi connectivity index (χ3v) is 3.60. The van der Waals surface area contributed by atoms with Gasteiger partial charge in [-0.2, -0.15) is 5.10 Å². The van der Waals surface area contributed by atoms with E-state index in [0.29, 0.717) is 11.5 Å². The third-order valence-electron chi connectivity index (χ3n) is 3.19. The number of nitrogens with zero attached hydrogens (tertiary/aromatic N) is 2. The van der Waals surface area contributed by atoms with Gasteiger partial charge in [-0.15, -0.1) is 0 Å². The van der Waals surface area contributed by atoms with Crippen LogP contribution in [-0.2, 0) is 11.3 Å². The SMILES string of the molecule is COc1ccc(OC)c(C(C)NC(=O)Cn2cc(Br)cn2)c1. The van der Waals surface area contributed by atoms with Crippen LogP contribution in [0.15, 0.2) is 35.1 Å². The molecule has 0 bridgehead atoms. The largest absolute Gasteiger partial charge is 0.497 e. The van der Waals surface area contributed by atoms with Crippen LogP contribution in [0.25, 0.3) is 0 Å². The van der Waals surface area contributed by atoms with E-state index in [1.54, 1.807) is 31.3 Å². The average Bonchev–Trinajstić information content (AvgIpc) is 2.91. The highest BCUT2D eigenvalue weighted by Crippen LogP contribution is 2.29. The Labute approximate surface area is 137 Å². The van der Waals surface area contributed by atoms with Crippen molar-refractivity contribution in [2.45, 2.75) is 19.5 Å². The number of carbonyl (C=O) groups excluding carboxylic acids is 1. The number of hydrogen-bond acceptors (Lipinski definition) is 4. The fraction of sp³-hybridized carbons (Fsp3) is 0.333. The van der Waals surface area contributed by atoms with Crippen molar-refractivity contribution in [3.05, 3.63) is 40.6 Å². The van der Waals surface area contributed by atoms with Crippen LogP contribution < -0.4 is 14.8 Å². The zero-order chi connectivity index (χ0) is 16.1. The molecule has 0 aliphatic heterocycles. The van der Waals surface area contributed by atoms with Gasteiger partial charge < -0.3 is 14.8 Å². The molecule has 0 radical (unpaired) electrons. The van der Waals surface area contributed by atoms with Crippen LogP contribution in [-0.4, -0.2) is 29.9 Å². The van der Waals surface area contributed by atoms with E-state index in [1.807, 2.05) is 25.1 Å². The van der Waals surface area contributed by atoms with Gasteiger partial charge in [0.15, 0.2) is 0 Å². The van der Waals surface area contributed by atoms with Crippen molar-refractivity contribution >= 4 is 21.8 Å². The minimum atomic E-state index is -0.212. The van der Waals surface area contributed by atoms with Gasteiger partial charge in [-0.3, -0.25) is 9.48 Å². The normalized spacial score (nSPS) is 11.8. The molecule has 2 rings (SSSR count). The van der Waals surface area contributed by atoms with E-state index in [-0.39, 0.29) is 18.5 Å². The maximum absolute atomic E-state index is 12.1. The highest BCUT2D eigenvalue weighted by atomic mass is 79.9. The maximum Gasteiger partial charge on any atom is 0.242 e. The Kier molecular flexibility index (Phi) is 5.43. The van der Waals surface area contributed by atoms with Gasteiger partial charge in [0.2, 0.25) is 5.91 Å². The van der Waals surface area contributed by atoms with E-state index in [1.165, 1.54) is 0 Å². The molecule has 0 saturated carbocycles. The maximum atomic E-state index is 12.1. The summed E-state index contributed by atoms with van der Waals surface area (Å²) in [6, 6.07) is 5.28. The van der Waals surface area contributed by atoms with Gasteiger partial charge in [0, 0.05) is 11.8 Å². The summed E-state index contributed by atoms with van der Waals surface area (Å²) in [5.74, 6) is 1.29. The lowest BCUT2D eigenvalue weighted by Gasteiger charge is -2.18. The first-order valence-corrected chi connectivity index (χ1v) is 7.52. The van der Waals surface area contributed by atoms with Crippen molar-refractivity contribution in [1.82, 2.24) is 15.1 Å². The molecule has 1 unspecified atom stereocenters. The number of methoxy groups -OCH3 is 2. The molecule has 22 heavy (non-hydrogen) atoms. The number of rotatable bonds is 6. The predicted octanol–water partition coefficient (Wildman–Crippen LogP) is 2.54. The van der Waals surface area contributed by atoms with Crippen LogP contribution in [0.2, 0.25) is 0 Å². The smallest absolute Gasteiger partial charge is 0.242 e. The summed E-state index contributed by atoms with van der Waals surface area (Å²) >= 11 is 3.30. The fourth-order valence-corrected chi connectivity index (χ4v) is 2.44. The second-order valence-electron chi connectivity index (χ2n) is 4.75. The number of carbonyl (C=O) groups is 1. The van der Waals surface area contributed by atoms with Crippen molar-refractivity contribution < 1.29 is 14.3 Å². The Morgan fingerprint density at radius 1 is 1.41 bits per heavy atom. The molecule has 1 N–H and O–H groups in total. The molecular weight excluding hydrogens is 350 g/mol. The molecule has 0 spiro atoms. The first-order valence-electron chi connectivity index (χ1n) is 6.72. The highest BCUT2D eigenvalue weighted by molar-refractivity contribution is 9.10. The molecule has 1 atom stereocenters. The van der Waals surface area contributed by atoms with Gasteiger partial charge in [-0.25, -0.2) is 0 Å². The third kappa shape index (κ3) is 4.00. The number of benzene rings is 1. The second-order valence-corrected chi connectivity index (χ2v) is 5.67. The van der Waals surface area contributed by atoms with Gasteiger partial charge in [0.25, 0.3) is 0 Å². The van der Waals surface area contributed by atoms with E-state index in [4.69, 9.17) is 9.47 Å². The van der Waals surface area contributed by atoms with Gasteiger partial charge in [0.05, 0.1) is 30.9 Å². The van der Waals surface area contributed by atoms with Crippen molar-refractivity contribution in [2.75, 3.05) is 14.2 Å². The van der Waals surface area contributed by atoms with Gasteiger partial charge >= 0.3 is 0 Å². The summed E-state index contributed by atoms with van der Waals surface area (Å²) < 4.78 is 13.0. The monoisotopic (exact) mass is 367 g/mol. The van der Waals surface area contributed by atoms with Crippen LogP contribution in [0, 0.1) is 0 Å². The van der Waals surface area contributed by atoms with Crippen molar-refractivity contribution in [3.8, 4) is 11.5 Å². The van der Waals surface area contributed by atoms with Crippen molar-refractivity contribution in [3.63, 3.8) is 0 Å². The van der Waals surface area contributed by atoms with Crippen LogP contribution in [0.4, 0.5) is 0 Å². The Bertz CT molecular complexity index is 657. The van der Waals surface area contributed by atoms with Crippen LogP contribution in [0.5, 0.6) is 11.5 Å². The Balaban J connectivity index is 2.07. The lowest BCUT2D eigenvalue weighted by molar-refractivity contribution is -0.122. The highest BCUT2D eigenvalue weighted by Gasteiger charge is 2.15. The number of hydrogen-bond donors (Lipinski definition) is 1. The molecule has 1 aromatic carbocycles. The zero-order valence-electron chi connectivity index (χ0n) is 12.7. The molecule has 0 aliphatic rings. The Morgan fingerprint density at radius 2 is 2.18 bits per heavy atom. The van der Waals surface area contributed by atoms with Gasteiger partial charge in [0.1, 0.15) is 18.0 Å². The second kappa shape index (κ2) is 7.31. The summed E-state index contributed by atoms with van der Waals surface area (Å²) in [5.41, 5.74) is 0.858. The molecule has 0 saturated heterocycles. The standard InChI is InChI=1S/C15H18BrN3O3/c1-10(13-6-12(21-2)4-5-14(13)22-3)18-15(20)9-19-8-11(16)7-17-19/h4-8,10H,9H2,1-3H3,(H,18,20). The number of halogens is 1. The minimum absolute atomic E-state index is 0.132. The van der Waals surface area contributed by atoms with E-state index in [0.717, 1.165) is 10.0 Å². The van der Waals surface area contributed by atoms with Crippen LogP contribution in [0.3, 0.4) is 0 Å². The van der Waals surface area contributed by atoms with Crippen LogP contribution in [0.1, 0.15) is 18.5 Å². The van der Waals surface area contributed by atoms with Crippen molar-refractivity contribution in [2.24, 2.45) is 0 Å². The fourth-order valence-electron chi connectivity index (χ4n) is 2.11. The summed E-state index contributed by atoms with van der Waals surface area (Å²) in [6.07, 6.45) is 3.39. The summed E-state index contributed by atoms with van der Waals surface area (Å²) in [7, 11) is 3.20. The number of nitrogens with one attached hydrogen (secondary N) is 1. The first-order chi connectivity index (χ1) is 10.5. The minimum Gasteiger partial charge on any atom is -0.497 e. The van der Waals surface area contributed by atoms with Gasteiger partial charge in [-0.1, -0.05) is 0 Å².